The summed E-state index contributed by atoms with van der Waals surface area (Å²) in [5, 5.41) is 10.6. The summed E-state index contributed by atoms with van der Waals surface area (Å²) in [5.74, 6) is -0.548. The van der Waals surface area contributed by atoms with Gasteiger partial charge >= 0.3 is 5.97 Å². The van der Waals surface area contributed by atoms with Crippen molar-refractivity contribution in [2.45, 2.75) is 22.1 Å². The number of amides is 1. The van der Waals surface area contributed by atoms with Crippen LogP contribution in [-0.4, -0.2) is 61.3 Å². The SMILES string of the molecule is COC(=O)CSc1nnc(NC(=O)CCCN(C)S(=O)(=O)c2ccccc2)s1. The Balaban J connectivity index is 1.77. The first-order valence-electron chi connectivity index (χ1n) is 8.17. The van der Waals surface area contributed by atoms with Crippen molar-refractivity contribution in [2.24, 2.45) is 0 Å². The van der Waals surface area contributed by atoms with Gasteiger partial charge in [0.05, 0.1) is 17.8 Å². The number of anilines is 1. The third-order valence-electron chi connectivity index (χ3n) is 3.52. The average molecular weight is 445 g/mol. The van der Waals surface area contributed by atoms with E-state index in [0.29, 0.717) is 15.9 Å². The molecule has 2 aromatic rings. The van der Waals surface area contributed by atoms with Crippen molar-refractivity contribution >= 4 is 50.1 Å². The number of nitrogens with zero attached hydrogens (tertiary/aromatic N) is 3. The largest absolute Gasteiger partial charge is 0.468 e. The fraction of sp³-hybridized carbons (Fsp3) is 0.375. The van der Waals surface area contributed by atoms with Gasteiger partial charge in [-0.1, -0.05) is 41.3 Å². The standard InChI is InChI=1S/C16H20N4O5S3/c1-20(28(23,24)12-7-4-3-5-8-12)10-6-9-13(21)17-15-18-19-16(27-15)26-11-14(22)25-2/h3-5,7-8H,6,9-11H2,1-2H3,(H,17,18,21). The molecule has 2 rings (SSSR count). The van der Waals surface area contributed by atoms with E-state index >= 15 is 0 Å². The van der Waals surface area contributed by atoms with Crippen LogP contribution in [0, 0.1) is 0 Å². The maximum Gasteiger partial charge on any atom is 0.316 e. The molecule has 9 nitrogen and oxygen atoms in total. The number of benzene rings is 1. The first kappa shape index (κ1) is 22.3. The third-order valence-corrected chi connectivity index (χ3v) is 7.34. The van der Waals surface area contributed by atoms with Gasteiger partial charge in [-0.3, -0.25) is 9.59 Å². The molecule has 1 heterocycles. The lowest BCUT2D eigenvalue weighted by atomic mass is 10.3. The van der Waals surface area contributed by atoms with E-state index in [0.717, 1.165) is 11.3 Å². The number of methoxy groups -OCH3 is 1. The zero-order chi connectivity index (χ0) is 20.6. The summed E-state index contributed by atoms with van der Waals surface area (Å²) in [7, 11) is -0.783. The number of rotatable bonds is 10. The summed E-state index contributed by atoms with van der Waals surface area (Å²) in [4.78, 5) is 23.3. The average Bonchev–Trinajstić information content (AvgIpc) is 3.13. The number of aromatic nitrogens is 2. The highest BCUT2D eigenvalue weighted by molar-refractivity contribution is 8.01. The van der Waals surface area contributed by atoms with Crippen LogP contribution in [0.2, 0.25) is 0 Å². The highest BCUT2D eigenvalue weighted by Crippen LogP contribution is 2.25. The van der Waals surface area contributed by atoms with Crippen molar-refractivity contribution in [3.05, 3.63) is 30.3 Å². The molecule has 0 saturated carbocycles. The molecule has 1 aromatic carbocycles. The lowest BCUT2D eigenvalue weighted by Gasteiger charge is -2.16. The van der Waals surface area contributed by atoms with Crippen LogP contribution in [0.25, 0.3) is 0 Å². The fourth-order valence-electron chi connectivity index (χ4n) is 2.03. The molecule has 1 aromatic heterocycles. The summed E-state index contributed by atoms with van der Waals surface area (Å²) < 4.78 is 31.1. The number of hydrogen-bond donors (Lipinski definition) is 1. The Kier molecular flexibility index (Phi) is 8.35. The van der Waals surface area contributed by atoms with Crippen LogP contribution in [0.15, 0.2) is 39.6 Å². The minimum atomic E-state index is -3.57. The first-order chi connectivity index (χ1) is 13.3. The highest BCUT2D eigenvalue weighted by Gasteiger charge is 2.20. The van der Waals surface area contributed by atoms with Crippen LogP contribution in [0.3, 0.4) is 0 Å². The Morgan fingerprint density at radius 1 is 1.25 bits per heavy atom. The molecule has 0 aliphatic heterocycles. The summed E-state index contributed by atoms with van der Waals surface area (Å²) in [6, 6.07) is 8.13. The molecule has 0 spiro atoms. The van der Waals surface area contributed by atoms with Crippen molar-refractivity contribution in [2.75, 3.05) is 31.8 Å². The van der Waals surface area contributed by atoms with E-state index in [1.165, 1.54) is 42.4 Å². The number of carbonyl (C=O) groups excluding carboxylic acids is 2. The molecule has 1 amide bonds. The van der Waals surface area contributed by atoms with Crippen molar-refractivity contribution < 1.29 is 22.7 Å². The van der Waals surface area contributed by atoms with Gasteiger partial charge in [-0.2, -0.15) is 0 Å². The molecular formula is C16H20N4O5S3. The normalized spacial score (nSPS) is 11.4. The van der Waals surface area contributed by atoms with Crippen LogP contribution < -0.4 is 5.32 Å². The molecule has 0 aliphatic carbocycles. The van der Waals surface area contributed by atoms with E-state index in [2.05, 4.69) is 20.3 Å². The zero-order valence-corrected chi connectivity index (χ0v) is 17.8. The molecular weight excluding hydrogens is 424 g/mol. The van der Waals surface area contributed by atoms with Gasteiger partial charge in [0.25, 0.3) is 0 Å². The van der Waals surface area contributed by atoms with E-state index in [4.69, 9.17) is 0 Å². The van der Waals surface area contributed by atoms with Crippen LogP contribution >= 0.6 is 23.1 Å². The lowest BCUT2D eigenvalue weighted by Crippen LogP contribution is -2.28. The molecule has 0 saturated heterocycles. The maximum atomic E-state index is 12.4. The number of hydrogen-bond acceptors (Lipinski definition) is 9. The van der Waals surface area contributed by atoms with Crippen LogP contribution in [0.5, 0.6) is 0 Å². The number of nitrogens with one attached hydrogen (secondary N) is 1. The van der Waals surface area contributed by atoms with Gasteiger partial charge in [-0.25, -0.2) is 12.7 Å². The Hall–Kier alpha value is -2.02. The Bertz CT molecular complexity index is 902. The fourth-order valence-corrected chi connectivity index (χ4v) is 4.87. The second kappa shape index (κ2) is 10.5. The van der Waals surface area contributed by atoms with E-state index in [9.17, 15) is 18.0 Å². The van der Waals surface area contributed by atoms with Crippen LogP contribution in [0.1, 0.15) is 12.8 Å². The van der Waals surface area contributed by atoms with Crippen LogP contribution in [-0.2, 0) is 24.3 Å². The van der Waals surface area contributed by atoms with E-state index in [1.807, 2.05) is 0 Å². The Morgan fingerprint density at radius 3 is 2.64 bits per heavy atom. The summed E-state index contributed by atoms with van der Waals surface area (Å²) in [6.07, 6.45) is 0.496. The van der Waals surface area contributed by atoms with Crippen molar-refractivity contribution in [1.29, 1.82) is 0 Å². The second-order valence-corrected chi connectivity index (χ2v) is 9.77. The van der Waals surface area contributed by atoms with Crippen molar-refractivity contribution in [3.8, 4) is 0 Å². The maximum absolute atomic E-state index is 12.4. The Morgan fingerprint density at radius 2 is 1.96 bits per heavy atom. The van der Waals surface area contributed by atoms with E-state index in [1.54, 1.807) is 18.2 Å². The van der Waals surface area contributed by atoms with Gasteiger partial charge in [-0.15, -0.1) is 10.2 Å². The van der Waals surface area contributed by atoms with Gasteiger partial charge in [0.1, 0.15) is 0 Å². The van der Waals surface area contributed by atoms with E-state index < -0.39 is 10.0 Å². The van der Waals surface area contributed by atoms with Crippen LogP contribution in [0.4, 0.5) is 5.13 Å². The number of ether oxygens (including phenoxy) is 1. The predicted molar refractivity (Wildman–Crippen MR) is 107 cm³/mol. The minimum Gasteiger partial charge on any atom is -0.468 e. The number of sulfonamides is 1. The molecule has 0 radical (unpaired) electrons. The molecule has 0 atom stereocenters. The highest BCUT2D eigenvalue weighted by atomic mass is 32.2. The van der Waals surface area contributed by atoms with Gasteiger partial charge < -0.3 is 10.1 Å². The van der Waals surface area contributed by atoms with Gasteiger partial charge in [0.15, 0.2) is 4.34 Å². The van der Waals surface area contributed by atoms with Gasteiger partial charge in [0, 0.05) is 20.0 Å². The number of carbonyl (C=O) groups is 2. The Labute approximate surface area is 171 Å². The summed E-state index contributed by atoms with van der Waals surface area (Å²) >= 11 is 2.32. The molecule has 0 bridgehead atoms. The number of esters is 1. The second-order valence-electron chi connectivity index (χ2n) is 5.53. The molecule has 0 aliphatic rings. The topological polar surface area (TPSA) is 119 Å². The summed E-state index contributed by atoms with van der Waals surface area (Å²) in [6.45, 7) is 0.209. The minimum absolute atomic E-state index is 0.112. The van der Waals surface area contributed by atoms with E-state index in [-0.39, 0.29) is 35.5 Å². The third kappa shape index (κ3) is 6.55. The zero-order valence-electron chi connectivity index (χ0n) is 15.3. The number of thioether (sulfide) groups is 1. The first-order valence-corrected chi connectivity index (χ1v) is 11.4. The molecule has 0 fully saturated rings. The van der Waals surface area contributed by atoms with Gasteiger partial charge in [-0.05, 0) is 18.6 Å². The monoisotopic (exact) mass is 444 g/mol. The molecule has 0 unspecified atom stereocenters. The van der Waals surface area contributed by atoms with Crippen molar-refractivity contribution in [1.82, 2.24) is 14.5 Å². The molecule has 152 valence electrons. The molecule has 12 heteroatoms. The molecule has 28 heavy (non-hydrogen) atoms. The quantitative estimate of drug-likeness (QED) is 0.335. The smallest absolute Gasteiger partial charge is 0.316 e. The van der Waals surface area contributed by atoms with Gasteiger partial charge in [0.2, 0.25) is 21.1 Å². The lowest BCUT2D eigenvalue weighted by molar-refractivity contribution is -0.137. The van der Waals surface area contributed by atoms with Crippen molar-refractivity contribution in [3.63, 3.8) is 0 Å². The predicted octanol–water partition coefficient (Wildman–Crippen LogP) is 1.84. The summed E-state index contributed by atoms with van der Waals surface area (Å²) in [5.41, 5.74) is 0. The molecule has 1 N–H and O–H groups in total.